The van der Waals surface area contributed by atoms with Crippen LogP contribution in [0.25, 0.3) is 0 Å². The van der Waals surface area contributed by atoms with Gasteiger partial charge >= 0.3 is 27.2 Å². The lowest BCUT2D eigenvalue weighted by Crippen LogP contribution is -2.61. The van der Waals surface area contributed by atoms with Crippen LogP contribution >= 0.6 is 0 Å². The maximum absolute atomic E-state index is 13.3. The quantitative estimate of drug-likeness (QED) is 0.319. The molecule has 0 aromatic rings. The van der Waals surface area contributed by atoms with Gasteiger partial charge in [0.25, 0.3) is 0 Å². The van der Waals surface area contributed by atoms with Gasteiger partial charge in [-0.05, 0) is 6.42 Å². The molecule has 0 saturated heterocycles. The second-order valence-corrected chi connectivity index (χ2v) is 6.68. The Morgan fingerprint density at radius 1 is 0.913 bits per heavy atom. The average molecular weight is 376 g/mol. The molecule has 0 aliphatic carbocycles. The molecule has 0 rings (SSSR count). The van der Waals surface area contributed by atoms with Crippen molar-refractivity contribution in [2.24, 2.45) is 0 Å². The summed E-state index contributed by atoms with van der Waals surface area (Å²) in [5.41, 5.74) is 0. The van der Waals surface area contributed by atoms with Gasteiger partial charge in [0, 0.05) is 0 Å². The van der Waals surface area contributed by atoms with Crippen LogP contribution in [0.1, 0.15) is 51.9 Å². The number of hydrogen-bond donors (Lipinski definition) is 1. The largest absolute Gasteiger partial charge is 0.438 e. The summed E-state index contributed by atoms with van der Waals surface area (Å²) in [5.74, 6) is -12.5. The predicted molar refractivity (Wildman–Crippen MR) is 69.3 cm³/mol. The molecule has 0 heterocycles. The van der Waals surface area contributed by atoms with E-state index >= 15 is 0 Å². The van der Waals surface area contributed by atoms with Crippen LogP contribution < -0.4 is 0 Å². The Morgan fingerprint density at radius 2 is 1.35 bits per heavy atom. The molecule has 0 fully saturated rings. The summed E-state index contributed by atoms with van der Waals surface area (Å²) in [6.07, 6.45) is -1.77. The van der Waals surface area contributed by atoms with Gasteiger partial charge in [0.15, 0.2) is 6.17 Å². The van der Waals surface area contributed by atoms with Gasteiger partial charge < -0.3 is 0 Å². The van der Waals surface area contributed by atoms with Gasteiger partial charge in [0.1, 0.15) is 0 Å². The van der Waals surface area contributed by atoms with Crippen LogP contribution in [0.15, 0.2) is 0 Å². The lowest BCUT2D eigenvalue weighted by atomic mass is 10.0. The average Bonchev–Trinajstić information content (AvgIpc) is 2.40. The van der Waals surface area contributed by atoms with Crippen LogP contribution in [0, 0.1) is 0 Å². The molecule has 0 aromatic carbocycles. The van der Waals surface area contributed by atoms with Crippen LogP contribution in [0.5, 0.6) is 0 Å². The molecule has 0 bridgehead atoms. The van der Waals surface area contributed by atoms with Crippen molar-refractivity contribution in [3.63, 3.8) is 0 Å². The van der Waals surface area contributed by atoms with E-state index in [9.17, 15) is 39.2 Å². The minimum Gasteiger partial charge on any atom is -0.281 e. The predicted octanol–water partition coefficient (Wildman–Crippen LogP) is 4.83. The van der Waals surface area contributed by atoms with Gasteiger partial charge in [0.05, 0.1) is 0 Å². The molecule has 1 N–H and O–H groups in total. The van der Waals surface area contributed by atoms with Gasteiger partial charge in [-0.15, -0.1) is 0 Å². The third-order valence-corrected chi connectivity index (χ3v) is 4.22. The van der Waals surface area contributed by atoms with Crippen LogP contribution in [0.4, 0.5) is 30.7 Å². The van der Waals surface area contributed by atoms with Crippen LogP contribution in [0.2, 0.25) is 0 Å². The Hall–Kier alpha value is -0.580. The molecule has 0 aliphatic rings. The number of rotatable bonds is 11. The Balaban J connectivity index is 4.88. The lowest BCUT2D eigenvalue weighted by Gasteiger charge is -2.32. The molecule has 0 aromatic heterocycles. The monoisotopic (exact) mass is 376 g/mol. The Bertz CT molecular complexity index is 465. The molecule has 0 saturated carbocycles. The van der Waals surface area contributed by atoms with E-state index in [-0.39, 0.29) is 12.8 Å². The standard InChI is InChI=1S/C12H19F7O3S/c1-2-3-4-5-6-7-8-9(13)10(14,15)11(16,17)12(18,19)23(20,21)22/h9H,2-8H2,1H3,(H,20,21,22). The Morgan fingerprint density at radius 3 is 1.78 bits per heavy atom. The molecule has 0 radical (unpaired) electrons. The third kappa shape index (κ3) is 4.94. The highest BCUT2D eigenvalue weighted by molar-refractivity contribution is 7.87. The number of unbranched alkanes of at least 4 members (excludes halogenated alkanes) is 5. The van der Waals surface area contributed by atoms with Crippen LogP contribution in [-0.2, 0) is 10.1 Å². The second-order valence-electron chi connectivity index (χ2n) is 5.21. The Labute approximate surface area is 130 Å². The molecule has 0 aliphatic heterocycles. The molecule has 1 unspecified atom stereocenters. The lowest BCUT2D eigenvalue weighted by molar-refractivity contribution is -0.300. The summed E-state index contributed by atoms with van der Waals surface area (Å²) in [4.78, 5) is 0. The number of alkyl halides is 7. The van der Waals surface area contributed by atoms with Crippen molar-refractivity contribution in [1.29, 1.82) is 0 Å². The maximum Gasteiger partial charge on any atom is 0.438 e. The third-order valence-electron chi connectivity index (χ3n) is 3.31. The summed E-state index contributed by atoms with van der Waals surface area (Å²) in [6.45, 7) is 1.91. The second kappa shape index (κ2) is 8.00. The summed E-state index contributed by atoms with van der Waals surface area (Å²) >= 11 is 0. The molecule has 140 valence electrons. The van der Waals surface area contributed by atoms with E-state index in [0.717, 1.165) is 19.3 Å². The topological polar surface area (TPSA) is 54.4 Å². The zero-order valence-corrected chi connectivity index (χ0v) is 13.2. The molecule has 0 spiro atoms. The first-order valence-electron chi connectivity index (χ1n) is 6.98. The highest BCUT2D eigenvalue weighted by atomic mass is 32.2. The molecule has 23 heavy (non-hydrogen) atoms. The van der Waals surface area contributed by atoms with E-state index < -0.39 is 39.8 Å². The van der Waals surface area contributed by atoms with Crippen molar-refractivity contribution in [3.05, 3.63) is 0 Å². The summed E-state index contributed by atoms with van der Waals surface area (Å²) in [6, 6.07) is 0. The van der Waals surface area contributed by atoms with E-state index in [0.29, 0.717) is 6.42 Å². The maximum atomic E-state index is 13.3. The van der Waals surface area contributed by atoms with E-state index in [1.54, 1.807) is 0 Å². The van der Waals surface area contributed by atoms with Crippen molar-refractivity contribution < 1.29 is 43.7 Å². The number of hydrogen-bond acceptors (Lipinski definition) is 2. The summed E-state index contributed by atoms with van der Waals surface area (Å²) in [5, 5.41) is -6.50. The minimum atomic E-state index is -6.84. The van der Waals surface area contributed by atoms with Crippen molar-refractivity contribution in [3.8, 4) is 0 Å². The Kier molecular flexibility index (Phi) is 7.80. The van der Waals surface area contributed by atoms with Crippen molar-refractivity contribution >= 4 is 10.1 Å². The normalized spacial score (nSPS) is 15.7. The van der Waals surface area contributed by atoms with Gasteiger partial charge in [-0.25, -0.2) is 4.39 Å². The first kappa shape index (κ1) is 22.4. The summed E-state index contributed by atoms with van der Waals surface area (Å²) < 4.78 is 120. The van der Waals surface area contributed by atoms with Crippen molar-refractivity contribution in [2.45, 2.75) is 75.1 Å². The smallest absolute Gasteiger partial charge is 0.281 e. The molecular weight excluding hydrogens is 357 g/mol. The van der Waals surface area contributed by atoms with E-state index in [2.05, 4.69) is 0 Å². The van der Waals surface area contributed by atoms with Gasteiger partial charge in [-0.2, -0.15) is 34.8 Å². The minimum absolute atomic E-state index is 0.242. The zero-order chi connectivity index (χ0) is 18.5. The van der Waals surface area contributed by atoms with Crippen molar-refractivity contribution in [2.75, 3.05) is 0 Å². The summed E-state index contributed by atoms with van der Waals surface area (Å²) in [7, 11) is -6.84. The fraction of sp³-hybridized carbons (Fsp3) is 1.00. The highest BCUT2D eigenvalue weighted by Gasteiger charge is 2.79. The molecule has 0 amide bonds. The van der Waals surface area contributed by atoms with E-state index in [1.165, 1.54) is 0 Å². The SMILES string of the molecule is CCCCCCCCC(F)C(F)(F)C(F)(F)C(F)(F)S(=O)(=O)O. The first-order valence-corrected chi connectivity index (χ1v) is 8.42. The fourth-order valence-electron chi connectivity index (χ4n) is 1.84. The highest BCUT2D eigenvalue weighted by Crippen LogP contribution is 2.50. The van der Waals surface area contributed by atoms with Crippen molar-refractivity contribution in [1.82, 2.24) is 0 Å². The fourth-order valence-corrected chi connectivity index (χ4v) is 2.30. The first-order chi connectivity index (χ1) is 10.2. The van der Waals surface area contributed by atoms with Gasteiger partial charge in [-0.3, -0.25) is 4.55 Å². The van der Waals surface area contributed by atoms with E-state index in [1.807, 2.05) is 6.92 Å². The van der Waals surface area contributed by atoms with Crippen LogP contribution in [-0.4, -0.2) is 36.2 Å². The molecule has 1 atom stereocenters. The van der Waals surface area contributed by atoms with Crippen LogP contribution in [0.3, 0.4) is 0 Å². The molecule has 11 heteroatoms. The van der Waals surface area contributed by atoms with Gasteiger partial charge in [-0.1, -0.05) is 45.4 Å². The molecular formula is C12H19F7O3S. The zero-order valence-electron chi connectivity index (χ0n) is 12.3. The van der Waals surface area contributed by atoms with Gasteiger partial charge in [0.2, 0.25) is 0 Å². The molecule has 3 nitrogen and oxygen atoms in total. The number of halogens is 7. The van der Waals surface area contributed by atoms with E-state index in [4.69, 9.17) is 4.55 Å².